The van der Waals surface area contributed by atoms with Crippen LogP contribution in [-0.2, 0) is 28.4 Å². The van der Waals surface area contributed by atoms with E-state index in [0.717, 1.165) is 0 Å². The Kier molecular flexibility index (Phi) is 12.7. The topological polar surface area (TPSA) is 55.4 Å². The van der Waals surface area contributed by atoms with Crippen molar-refractivity contribution in [3.05, 3.63) is 0 Å². The maximum atomic E-state index is 5.81. The highest BCUT2D eigenvalue weighted by molar-refractivity contribution is 6.18. The second kappa shape index (κ2) is 14.0. The first kappa shape index (κ1) is 18.1. The molecule has 6 nitrogen and oxygen atoms in total. The van der Waals surface area contributed by atoms with Gasteiger partial charge in [0.15, 0.2) is 0 Å². The third-order valence-electron chi connectivity index (χ3n) is 2.55. The first-order valence-corrected chi connectivity index (χ1v) is 7.53. The molecule has 0 aromatic carbocycles. The van der Waals surface area contributed by atoms with Gasteiger partial charge in [0, 0.05) is 0 Å². The average Bonchev–Trinajstić information content (AvgIpc) is 2.47. The Labute approximate surface area is 125 Å². The van der Waals surface area contributed by atoms with Crippen molar-refractivity contribution in [2.24, 2.45) is 0 Å². The Morgan fingerprint density at radius 3 is 1.45 bits per heavy atom. The van der Waals surface area contributed by atoms with Gasteiger partial charge in [0.05, 0.1) is 84.7 Å². The van der Waals surface area contributed by atoms with Gasteiger partial charge in [0.25, 0.3) is 0 Å². The standard InChI is InChI=1S/C13H25ClO6/c14-11-13-12-19-8-7-17-4-3-15-1-2-16-5-6-18-9-10-20-13/h13H,1-12H2. The van der Waals surface area contributed by atoms with Gasteiger partial charge in [-0.15, -0.1) is 11.6 Å². The molecule has 0 aliphatic carbocycles. The van der Waals surface area contributed by atoms with Gasteiger partial charge in [-0.2, -0.15) is 0 Å². The first-order chi connectivity index (χ1) is 9.93. The lowest BCUT2D eigenvalue weighted by atomic mass is 10.4. The molecular weight excluding hydrogens is 288 g/mol. The summed E-state index contributed by atoms with van der Waals surface area (Å²) in [6.07, 6.45) is -0.112. The molecule has 0 bridgehead atoms. The Balaban J connectivity index is 2.14. The summed E-state index contributed by atoms with van der Waals surface area (Å²) in [7, 11) is 0. The Bertz CT molecular complexity index is 189. The zero-order valence-electron chi connectivity index (χ0n) is 11.9. The minimum absolute atomic E-state index is 0.112. The molecule has 0 radical (unpaired) electrons. The van der Waals surface area contributed by atoms with Gasteiger partial charge in [-0.1, -0.05) is 0 Å². The van der Waals surface area contributed by atoms with Crippen molar-refractivity contribution in [1.29, 1.82) is 0 Å². The molecule has 1 unspecified atom stereocenters. The van der Waals surface area contributed by atoms with Crippen LogP contribution in [-0.4, -0.2) is 84.7 Å². The molecule has 0 aromatic rings. The fourth-order valence-corrected chi connectivity index (χ4v) is 1.68. The minimum Gasteiger partial charge on any atom is -0.377 e. The minimum atomic E-state index is -0.112. The number of halogens is 1. The summed E-state index contributed by atoms with van der Waals surface area (Å²) >= 11 is 5.81. The summed E-state index contributed by atoms with van der Waals surface area (Å²) in [5, 5.41) is 0. The summed E-state index contributed by atoms with van der Waals surface area (Å²) in [5.41, 5.74) is 0. The molecule has 1 aliphatic rings. The molecule has 120 valence electrons. The van der Waals surface area contributed by atoms with Crippen LogP contribution in [0.4, 0.5) is 0 Å². The van der Waals surface area contributed by atoms with E-state index < -0.39 is 0 Å². The van der Waals surface area contributed by atoms with Gasteiger partial charge in [-0.05, 0) is 0 Å². The lowest BCUT2D eigenvalue weighted by Crippen LogP contribution is -2.25. The van der Waals surface area contributed by atoms with Gasteiger partial charge >= 0.3 is 0 Å². The number of hydrogen-bond donors (Lipinski definition) is 0. The van der Waals surface area contributed by atoms with Crippen LogP contribution in [0.3, 0.4) is 0 Å². The Morgan fingerprint density at radius 1 is 0.600 bits per heavy atom. The fourth-order valence-electron chi connectivity index (χ4n) is 1.51. The van der Waals surface area contributed by atoms with Crippen molar-refractivity contribution in [3.8, 4) is 0 Å². The third kappa shape index (κ3) is 10.8. The van der Waals surface area contributed by atoms with Crippen molar-refractivity contribution < 1.29 is 28.4 Å². The normalized spacial score (nSPS) is 26.6. The van der Waals surface area contributed by atoms with Crippen LogP contribution in [0.5, 0.6) is 0 Å². The molecule has 20 heavy (non-hydrogen) atoms. The van der Waals surface area contributed by atoms with E-state index in [0.29, 0.717) is 78.6 Å². The Morgan fingerprint density at radius 2 is 1.00 bits per heavy atom. The lowest BCUT2D eigenvalue weighted by molar-refractivity contribution is -0.0541. The van der Waals surface area contributed by atoms with Crippen LogP contribution < -0.4 is 0 Å². The molecule has 1 atom stereocenters. The molecular formula is C13H25ClO6. The highest BCUT2D eigenvalue weighted by Gasteiger charge is 2.07. The Hall–Kier alpha value is 0.0500. The zero-order valence-corrected chi connectivity index (χ0v) is 12.6. The molecule has 1 heterocycles. The molecule has 0 aromatic heterocycles. The summed E-state index contributed by atoms with van der Waals surface area (Å²) in [6.45, 7) is 5.92. The largest absolute Gasteiger partial charge is 0.377 e. The highest BCUT2D eigenvalue weighted by Crippen LogP contribution is 1.97. The van der Waals surface area contributed by atoms with E-state index in [1.807, 2.05) is 0 Å². The molecule has 1 rings (SSSR count). The SMILES string of the molecule is ClCC1COCCOCCOCCOCCOCCO1. The number of rotatable bonds is 1. The van der Waals surface area contributed by atoms with Crippen LogP contribution in [0.1, 0.15) is 0 Å². The van der Waals surface area contributed by atoms with Crippen molar-refractivity contribution in [2.75, 3.05) is 78.6 Å². The summed E-state index contributed by atoms with van der Waals surface area (Å²) < 4.78 is 32.4. The molecule has 7 heteroatoms. The lowest BCUT2D eigenvalue weighted by Gasteiger charge is -2.16. The smallest absolute Gasteiger partial charge is 0.0944 e. The van der Waals surface area contributed by atoms with Crippen LogP contribution in [0.25, 0.3) is 0 Å². The second-order valence-corrected chi connectivity index (χ2v) is 4.48. The number of hydrogen-bond acceptors (Lipinski definition) is 6. The van der Waals surface area contributed by atoms with Gasteiger partial charge in [0.1, 0.15) is 0 Å². The van der Waals surface area contributed by atoms with Crippen molar-refractivity contribution >= 4 is 11.6 Å². The van der Waals surface area contributed by atoms with Crippen molar-refractivity contribution in [1.82, 2.24) is 0 Å². The number of ether oxygens (including phenoxy) is 6. The van der Waals surface area contributed by atoms with E-state index in [1.54, 1.807) is 0 Å². The van der Waals surface area contributed by atoms with E-state index in [4.69, 9.17) is 40.0 Å². The van der Waals surface area contributed by atoms with Crippen LogP contribution in [0.2, 0.25) is 0 Å². The van der Waals surface area contributed by atoms with Gasteiger partial charge < -0.3 is 28.4 Å². The maximum Gasteiger partial charge on any atom is 0.0944 e. The summed E-state index contributed by atoms with van der Waals surface area (Å²) in [4.78, 5) is 0. The molecule has 0 amide bonds. The van der Waals surface area contributed by atoms with E-state index in [9.17, 15) is 0 Å². The van der Waals surface area contributed by atoms with E-state index >= 15 is 0 Å². The van der Waals surface area contributed by atoms with Gasteiger partial charge in [-0.3, -0.25) is 0 Å². The first-order valence-electron chi connectivity index (χ1n) is 6.99. The van der Waals surface area contributed by atoms with E-state index in [2.05, 4.69) is 0 Å². The van der Waals surface area contributed by atoms with Crippen molar-refractivity contribution in [3.63, 3.8) is 0 Å². The highest BCUT2D eigenvalue weighted by atomic mass is 35.5. The maximum absolute atomic E-state index is 5.81. The second-order valence-electron chi connectivity index (χ2n) is 4.17. The van der Waals surface area contributed by atoms with Crippen LogP contribution in [0.15, 0.2) is 0 Å². The van der Waals surface area contributed by atoms with Crippen molar-refractivity contribution in [2.45, 2.75) is 6.10 Å². The zero-order chi connectivity index (χ0) is 14.3. The molecule has 0 N–H and O–H groups in total. The summed E-state index contributed by atoms with van der Waals surface area (Å²) in [5.74, 6) is 0.401. The third-order valence-corrected chi connectivity index (χ3v) is 2.89. The fraction of sp³-hybridized carbons (Fsp3) is 1.00. The van der Waals surface area contributed by atoms with Gasteiger partial charge in [0.2, 0.25) is 0 Å². The molecule has 1 saturated heterocycles. The molecule has 1 fully saturated rings. The monoisotopic (exact) mass is 312 g/mol. The molecule has 0 spiro atoms. The predicted molar refractivity (Wildman–Crippen MR) is 74.6 cm³/mol. The quantitative estimate of drug-likeness (QED) is 0.665. The van der Waals surface area contributed by atoms with Crippen LogP contribution in [0, 0.1) is 0 Å². The van der Waals surface area contributed by atoms with Crippen LogP contribution >= 0.6 is 11.6 Å². The van der Waals surface area contributed by atoms with Gasteiger partial charge in [-0.25, -0.2) is 0 Å². The average molecular weight is 313 g/mol. The molecule has 1 aliphatic heterocycles. The number of alkyl halides is 1. The van der Waals surface area contributed by atoms with E-state index in [-0.39, 0.29) is 6.10 Å². The van der Waals surface area contributed by atoms with E-state index in [1.165, 1.54) is 0 Å². The molecule has 0 saturated carbocycles. The summed E-state index contributed by atoms with van der Waals surface area (Å²) in [6, 6.07) is 0. The predicted octanol–water partition coefficient (Wildman–Crippen LogP) is 0.707.